The third-order valence-electron chi connectivity index (χ3n) is 4.36. The maximum Gasteiger partial charge on any atom is 0.230 e. The average molecular weight is 276 g/mol. The van der Waals surface area contributed by atoms with Gasteiger partial charge in [0.1, 0.15) is 5.75 Å². The number of benzene rings is 1. The zero-order valence-electron chi connectivity index (χ0n) is 12.4. The minimum Gasteiger partial charge on any atom is -0.497 e. The summed E-state index contributed by atoms with van der Waals surface area (Å²) in [5.41, 5.74) is 6.66. The van der Waals surface area contributed by atoms with Crippen LogP contribution >= 0.6 is 0 Å². The van der Waals surface area contributed by atoms with Crippen LogP contribution in [0.5, 0.6) is 5.75 Å². The predicted molar refractivity (Wildman–Crippen MR) is 79.4 cm³/mol. The monoisotopic (exact) mass is 276 g/mol. The summed E-state index contributed by atoms with van der Waals surface area (Å²) in [4.78, 5) is 14.6. The molecule has 0 radical (unpaired) electrons. The summed E-state index contributed by atoms with van der Waals surface area (Å²) in [7, 11) is 1.65. The van der Waals surface area contributed by atoms with E-state index in [2.05, 4.69) is 0 Å². The highest BCUT2D eigenvalue weighted by atomic mass is 16.5. The highest BCUT2D eigenvalue weighted by Gasteiger charge is 2.44. The van der Waals surface area contributed by atoms with Crippen LogP contribution in [0.25, 0.3) is 0 Å². The summed E-state index contributed by atoms with van der Waals surface area (Å²) in [5, 5.41) is 0. The molecule has 1 amide bonds. The molecular formula is C16H24N2O2. The lowest BCUT2D eigenvalue weighted by atomic mass is 9.68. The molecule has 1 aromatic rings. The fourth-order valence-corrected chi connectivity index (χ4v) is 2.72. The zero-order valence-corrected chi connectivity index (χ0v) is 12.4. The van der Waals surface area contributed by atoms with Crippen molar-refractivity contribution in [3.05, 3.63) is 29.8 Å². The van der Waals surface area contributed by atoms with Crippen LogP contribution in [0.1, 0.15) is 31.7 Å². The summed E-state index contributed by atoms with van der Waals surface area (Å²) in [6, 6.07) is 7.86. The summed E-state index contributed by atoms with van der Waals surface area (Å²) in [6.07, 6.45) is 2.98. The number of carbonyl (C=O) groups excluding carboxylic acids is 1. The molecule has 110 valence electrons. The van der Waals surface area contributed by atoms with Crippen molar-refractivity contribution >= 4 is 5.91 Å². The van der Waals surface area contributed by atoms with Crippen LogP contribution in [0.3, 0.4) is 0 Å². The third kappa shape index (κ3) is 2.80. The van der Waals surface area contributed by atoms with Crippen molar-refractivity contribution in [2.24, 2.45) is 11.1 Å². The molecule has 0 heterocycles. The van der Waals surface area contributed by atoms with Crippen molar-refractivity contribution in [1.29, 1.82) is 0 Å². The van der Waals surface area contributed by atoms with E-state index in [4.69, 9.17) is 10.5 Å². The Bertz CT molecular complexity index is 447. The van der Waals surface area contributed by atoms with E-state index in [0.29, 0.717) is 19.6 Å². The highest BCUT2D eigenvalue weighted by molar-refractivity contribution is 5.84. The van der Waals surface area contributed by atoms with Crippen molar-refractivity contribution in [2.75, 3.05) is 20.2 Å². The van der Waals surface area contributed by atoms with Crippen molar-refractivity contribution in [3.8, 4) is 5.75 Å². The third-order valence-corrected chi connectivity index (χ3v) is 4.36. The first kappa shape index (κ1) is 14.9. The number of rotatable bonds is 6. The number of methoxy groups -OCH3 is 1. The number of hydrogen-bond acceptors (Lipinski definition) is 3. The van der Waals surface area contributed by atoms with E-state index >= 15 is 0 Å². The average Bonchev–Trinajstić information content (AvgIpc) is 2.44. The lowest BCUT2D eigenvalue weighted by Crippen LogP contribution is -2.51. The fraction of sp³-hybridized carbons (Fsp3) is 0.562. The van der Waals surface area contributed by atoms with Crippen molar-refractivity contribution in [1.82, 2.24) is 4.90 Å². The summed E-state index contributed by atoms with van der Waals surface area (Å²) in [6.45, 7) is 3.84. The number of carbonyl (C=O) groups is 1. The standard InChI is InChI=1S/C16H24N2O2/c1-3-18(15(19)16(12-17)9-4-10-16)11-13-5-7-14(20-2)8-6-13/h5-8H,3-4,9-12,17H2,1-2H3. The first-order chi connectivity index (χ1) is 9.65. The SMILES string of the molecule is CCN(Cc1ccc(OC)cc1)C(=O)C1(CN)CCC1. The van der Waals surface area contributed by atoms with E-state index in [0.717, 1.165) is 30.6 Å². The van der Waals surface area contributed by atoms with Crippen LogP contribution in [0.4, 0.5) is 0 Å². The molecule has 1 saturated carbocycles. The van der Waals surface area contributed by atoms with Crippen LogP contribution in [0.15, 0.2) is 24.3 Å². The van der Waals surface area contributed by atoms with Crippen LogP contribution < -0.4 is 10.5 Å². The van der Waals surface area contributed by atoms with Crippen LogP contribution in [-0.2, 0) is 11.3 Å². The van der Waals surface area contributed by atoms with Crippen molar-refractivity contribution in [2.45, 2.75) is 32.7 Å². The molecule has 0 saturated heterocycles. The smallest absolute Gasteiger partial charge is 0.230 e. The van der Waals surface area contributed by atoms with Gasteiger partial charge in [0, 0.05) is 19.6 Å². The minimum atomic E-state index is -0.289. The molecule has 0 unspecified atom stereocenters. The molecule has 0 atom stereocenters. The van der Waals surface area contributed by atoms with Gasteiger partial charge in [-0.05, 0) is 37.5 Å². The van der Waals surface area contributed by atoms with E-state index in [1.807, 2.05) is 36.1 Å². The molecule has 0 spiro atoms. The van der Waals surface area contributed by atoms with Gasteiger partial charge in [-0.15, -0.1) is 0 Å². The van der Waals surface area contributed by atoms with E-state index in [1.165, 1.54) is 0 Å². The molecule has 4 nitrogen and oxygen atoms in total. The molecule has 0 bridgehead atoms. The maximum absolute atomic E-state index is 12.7. The number of nitrogens with zero attached hydrogens (tertiary/aromatic N) is 1. The lowest BCUT2D eigenvalue weighted by molar-refractivity contribution is -0.147. The molecule has 1 aliphatic rings. The van der Waals surface area contributed by atoms with Gasteiger partial charge < -0.3 is 15.4 Å². The summed E-state index contributed by atoms with van der Waals surface area (Å²) < 4.78 is 5.15. The fourth-order valence-electron chi connectivity index (χ4n) is 2.72. The van der Waals surface area contributed by atoms with E-state index in [1.54, 1.807) is 7.11 Å². The van der Waals surface area contributed by atoms with Gasteiger partial charge >= 0.3 is 0 Å². The molecular weight excluding hydrogens is 252 g/mol. The van der Waals surface area contributed by atoms with Gasteiger partial charge in [0.25, 0.3) is 0 Å². The molecule has 2 rings (SSSR count). The normalized spacial score (nSPS) is 16.4. The Morgan fingerprint density at radius 1 is 1.35 bits per heavy atom. The van der Waals surface area contributed by atoms with E-state index in [-0.39, 0.29) is 11.3 Å². The molecule has 1 fully saturated rings. The molecule has 1 aliphatic carbocycles. The van der Waals surface area contributed by atoms with Crippen molar-refractivity contribution < 1.29 is 9.53 Å². The first-order valence-corrected chi connectivity index (χ1v) is 7.27. The first-order valence-electron chi connectivity index (χ1n) is 7.27. The molecule has 2 N–H and O–H groups in total. The van der Waals surface area contributed by atoms with Crippen LogP contribution in [0.2, 0.25) is 0 Å². The topological polar surface area (TPSA) is 55.6 Å². The lowest BCUT2D eigenvalue weighted by Gasteiger charge is -2.42. The van der Waals surface area contributed by atoms with Crippen LogP contribution in [0, 0.1) is 5.41 Å². The molecule has 1 aromatic carbocycles. The number of amides is 1. The van der Waals surface area contributed by atoms with E-state index < -0.39 is 0 Å². The maximum atomic E-state index is 12.7. The van der Waals surface area contributed by atoms with E-state index in [9.17, 15) is 4.79 Å². The quantitative estimate of drug-likeness (QED) is 0.866. The second kappa shape index (κ2) is 6.27. The van der Waals surface area contributed by atoms with Gasteiger partial charge in [-0.1, -0.05) is 18.6 Å². The number of nitrogens with two attached hydrogens (primary N) is 1. The Balaban J connectivity index is 2.06. The zero-order chi connectivity index (χ0) is 14.6. The highest BCUT2D eigenvalue weighted by Crippen LogP contribution is 2.41. The molecule has 4 heteroatoms. The van der Waals surface area contributed by atoms with Gasteiger partial charge in [-0.3, -0.25) is 4.79 Å². The summed E-state index contributed by atoms with van der Waals surface area (Å²) >= 11 is 0. The Morgan fingerprint density at radius 3 is 2.40 bits per heavy atom. The van der Waals surface area contributed by atoms with Gasteiger partial charge in [0.2, 0.25) is 5.91 Å². The molecule has 0 aliphatic heterocycles. The second-order valence-electron chi connectivity index (χ2n) is 5.51. The molecule has 0 aromatic heterocycles. The molecule has 20 heavy (non-hydrogen) atoms. The van der Waals surface area contributed by atoms with Gasteiger partial charge in [-0.2, -0.15) is 0 Å². The Labute approximate surface area is 120 Å². The Morgan fingerprint density at radius 2 is 2.00 bits per heavy atom. The summed E-state index contributed by atoms with van der Waals surface area (Å²) in [5.74, 6) is 1.05. The number of ether oxygens (including phenoxy) is 1. The van der Waals surface area contributed by atoms with Gasteiger partial charge in [-0.25, -0.2) is 0 Å². The van der Waals surface area contributed by atoms with Gasteiger partial charge in [0.15, 0.2) is 0 Å². The Kier molecular flexibility index (Phi) is 4.65. The van der Waals surface area contributed by atoms with Gasteiger partial charge in [0.05, 0.1) is 12.5 Å². The largest absolute Gasteiger partial charge is 0.497 e. The van der Waals surface area contributed by atoms with Crippen molar-refractivity contribution in [3.63, 3.8) is 0 Å². The van der Waals surface area contributed by atoms with Crippen LogP contribution in [-0.4, -0.2) is 31.0 Å². The second-order valence-corrected chi connectivity index (χ2v) is 5.51. The minimum absolute atomic E-state index is 0.213. The predicted octanol–water partition coefficient (Wildman–Crippen LogP) is 2.17. The number of hydrogen-bond donors (Lipinski definition) is 1. The Hall–Kier alpha value is -1.55.